The van der Waals surface area contributed by atoms with Gasteiger partial charge < -0.3 is 10.4 Å². The maximum absolute atomic E-state index is 8.93. The van der Waals surface area contributed by atoms with Crippen LogP contribution in [0.5, 0.6) is 0 Å². The summed E-state index contributed by atoms with van der Waals surface area (Å²) >= 11 is 0. The second-order valence-electron chi connectivity index (χ2n) is 6.00. The minimum absolute atomic E-state index is 0.331. The third-order valence-corrected chi connectivity index (χ3v) is 3.80. The number of hydrogen-bond donors (Lipinski definition) is 2. The van der Waals surface area contributed by atoms with Crippen molar-refractivity contribution >= 4 is 0 Å². The van der Waals surface area contributed by atoms with Gasteiger partial charge in [-0.2, -0.15) is 0 Å². The molecule has 0 amide bonds. The molecule has 0 radical (unpaired) electrons. The van der Waals surface area contributed by atoms with Gasteiger partial charge in [0, 0.05) is 12.6 Å². The van der Waals surface area contributed by atoms with Crippen molar-refractivity contribution in [1.29, 1.82) is 0 Å². The molecule has 0 bridgehead atoms. The minimum atomic E-state index is 0.331. The first kappa shape index (κ1) is 14.0. The molecule has 1 saturated carbocycles. The summed E-state index contributed by atoms with van der Waals surface area (Å²) < 4.78 is 0. The largest absolute Gasteiger partial charge is 0.396 e. The summed E-state index contributed by atoms with van der Waals surface area (Å²) in [6.07, 6.45) is 6.43. The van der Waals surface area contributed by atoms with Gasteiger partial charge in [-0.3, -0.25) is 0 Å². The van der Waals surface area contributed by atoms with Crippen LogP contribution in [0.15, 0.2) is 0 Å². The molecule has 0 aromatic carbocycles. The average molecular weight is 227 g/mol. The van der Waals surface area contributed by atoms with Crippen LogP contribution >= 0.6 is 0 Å². The van der Waals surface area contributed by atoms with Crippen LogP contribution in [0.3, 0.4) is 0 Å². The van der Waals surface area contributed by atoms with Crippen molar-refractivity contribution in [3.63, 3.8) is 0 Å². The van der Waals surface area contributed by atoms with Gasteiger partial charge in [-0.25, -0.2) is 0 Å². The van der Waals surface area contributed by atoms with Crippen LogP contribution in [0.1, 0.15) is 52.9 Å². The van der Waals surface area contributed by atoms with Gasteiger partial charge in [0.1, 0.15) is 0 Å². The van der Waals surface area contributed by atoms with E-state index in [9.17, 15) is 0 Å². The molecule has 3 unspecified atom stereocenters. The van der Waals surface area contributed by atoms with Gasteiger partial charge in [-0.1, -0.05) is 20.8 Å². The molecule has 2 heteroatoms. The summed E-state index contributed by atoms with van der Waals surface area (Å²) in [5.41, 5.74) is 0. The fourth-order valence-electron chi connectivity index (χ4n) is 2.96. The molecule has 1 aliphatic rings. The molecule has 0 aromatic heterocycles. The first-order valence-electron chi connectivity index (χ1n) is 6.96. The second kappa shape index (κ2) is 7.29. The van der Waals surface area contributed by atoms with E-state index < -0.39 is 0 Å². The molecule has 16 heavy (non-hydrogen) atoms. The monoisotopic (exact) mass is 227 g/mol. The van der Waals surface area contributed by atoms with Crippen LogP contribution in [-0.4, -0.2) is 24.3 Å². The van der Waals surface area contributed by atoms with Gasteiger partial charge in [0.25, 0.3) is 0 Å². The fraction of sp³-hybridized carbons (Fsp3) is 1.00. The summed E-state index contributed by atoms with van der Waals surface area (Å²) in [7, 11) is 0. The molecule has 0 heterocycles. The van der Waals surface area contributed by atoms with E-state index in [-0.39, 0.29) is 0 Å². The Morgan fingerprint density at radius 1 is 1.19 bits per heavy atom. The summed E-state index contributed by atoms with van der Waals surface area (Å²) in [4.78, 5) is 0. The predicted molar refractivity (Wildman–Crippen MR) is 69.5 cm³/mol. The number of aliphatic hydroxyl groups excluding tert-OH is 1. The van der Waals surface area contributed by atoms with Gasteiger partial charge in [-0.05, 0) is 56.4 Å². The van der Waals surface area contributed by atoms with Crippen molar-refractivity contribution in [1.82, 2.24) is 5.32 Å². The first-order valence-corrected chi connectivity index (χ1v) is 6.96. The molecule has 2 nitrogen and oxygen atoms in total. The number of hydrogen-bond acceptors (Lipinski definition) is 2. The average Bonchev–Trinajstić information content (AvgIpc) is 2.22. The zero-order valence-electron chi connectivity index (χ0n) is 11.2. The molecule has 1 rings (SSSR count). The number of aliphatic hydroxyl groups is 1. The molecule has 0 aromatic rings. The lowest BCUT2D eigenvalue weighted by molar-refractivity contribution is 0.220. The highest BCUT2D eigenvalue weighted by Crippen LogP contribution is 2.28. The van der Waals surface area contributed by atoms with Crippen molar-refractivity contribution in [2.45, 2.75) is 58.9 Å². The molecule has 1 aliphatic carbocycles. The molecule has 1 fully saturated rings. The Morgan fingerprint density at radius 2 is 1.81 bits per heavy atom. The summed E-state index contributed by atoms with van der Waals surface area (Å²) in [5.74, 6) is 2.24. The Bertz CT molecular complexity index is 174. The molecule has 2 N–H and O–H groups in total. The van der Waals surface area contributed by atoms with Gasteiger partial charge in [0.15, 0.2) is 0 Å². The molecule has 96 valence electrons. The molecular weight excluding hydrogens is 198 g/mol. The minimum Gasteiger partial charge on any atom is -0.396 e. The zero-order valence-corrected chi connectivity index (χ0v) is 11.2. The van der Waals surface area contributed by atoms with Gasteiger partial charge in [0.2, 0.25) is 0 Å². The lowest BCUT2D eigenvalue weighted by Gasteiger charge is -2.32. The Labute approximate surface area is 101 Å². The van der Waals surface area contributed by atoms with Gasteiger partial charge >= 0.3 is 0 Å². The van der Waals surface area contributed by atoms with Gasteiger partial charge in [0.05, 0.1) is 0 Å². The van der Waals surface area contributed by atoms with Crippen molar-refractivity contribution in [2.24, 2.45) is 17.8 Å². The van der Waals surface area contributed by atoms with E-state index in [1.165, 1.54) is 25.7 Å². The molecular formula is C14H29NO. The maximum Gasteiger partial charge on any atom is 0.0456 e. The topological polar surface area (TPSA) is 32.3 Å². The van der Waals surface area contributed by atoms with Crippen LogP contribution in [0.25, 0.3) is 0 Å². The van der Waals surface area contributed by atoms with Crippen molar-refractivity contribution in [2.75, 3.05) is 13.2 Å². The Hall–Kier alpha value is -0.0800. The Kier molecular flexibility index (Phi) is 6.37. The lowest BCUT2D eigenvalue weighted by atomic mass is 9.80. The van der Waals surface area contributed by atoms with E-state index in [1.807, 2.05) is 0 Å². The summed E-state index contributed by atoms with van der Waals surface area (Å²) in [6.45, 7) is 8.31. The lowest BCUT2D eigenvalue weighted by Crippen LogP contribution is -2.36. The van der Waals surface area contributed by atoms with Crippen molar-refractivity contribution < 1.29 is 5.11 Å². The second-order valence-corrected chi connectivity index (χ2v) is 6.00. The summed E-state index contributed by atoms with van der Waals surface area (Å²) in [5, 5.41) is 12.6. The van der Waals surface area contributed by atoms with Crippen LogP contribution in [-0.2, 0) is 0 Å². The summed E-state index contributed by atoms with van der Waals surface area (Å²) in [6, 6.07) is 0.739. The van der Waals surface area contributed by atoms with E-state index in [0.29, 0.717) is 12.5 Å². The Morgan fingerprint density at radius 3 is 2.38 bits per heavy atom. The van der Waals surface area contributed by atoms with E-state index in [1.54, 1.807) is 0 Å². The normalized spacial score (nSPS) is 32.6. The standard InChI is InChI=1S/C14H29NO/c1-11(10-16)5-4-6-15-14-8-12(2)7-13(3)9-14/h11-16H,4-10H2,1-3H3. The van der Waals surface area contributed by atoms with E-state index in [2.05, 4.69) is 26.1 Å². The third-order valence-electron chi connectivity index (χ3n) is 3.80. The van der Waals surface area contributed by atoms with Crippen LogP contribution < -0.4 is 5.32 Å². The Balaban J connectivity index is 2.08. The first-order chi connectivity index (χ1) is 7.61. The van der Waals surface area contributed by atoms with Crippen molar-refractivity contribution in [3.8, 4) is 0 Å². The van der Waals surface area contributed by atoms with E-state index in [4.69, 9.17) is 5.11 Å². The smallest absolute Gasteiger partial charge is 0.0456 e. The number of nitrogens with one attached hydrogen (secondary N) is 1. The van der Waals surface area contributed by atoms with Crippen LogP contribution in [0.2, 0.25) is 0 Å². The quantitative estimate of drug-likeness (QED) is 0.684. The van der Waals surface area contributed by atoms with Crippen LogP contribution in [0.4, 0.5) is 0 Å². The van der Waals surface area contributed by atoms with E-state index in [0.717, 1.165) is 30.8 Å². The maximum atomic E-state index is 8.93. The highest BCUT2D eigenvalue weighted by Gasteiger charge is 2.22. The molecule has 3 atom stereocenters. The van der Waals surface area contributed by atoms with Crippen LogP contribution in [0, 0.1) is 17.8 Å². The van der Waals surface area contributed by atoms with Crippen molar-refractivity contribution in [3.05, 3.63) is 0 Å². The number of rotatable bonds is 6. The molecule has 0 aliphatic heterocycles. The predicted octanol–water partition coefficient (Wildman–Crippen LogP) is 2.81. The highest BCUT2D eigenvalue weighted by molar-refractivity contribution is 4.79. The SMILES string of the molecule is CC(CO)CCCNC1CC(C)CC(C)C1. The van der Waals surface area contributed by atoms with Gasteiger partial charge in [-0.15, -0.1) is 0 Å². The molecule has 0 saturated heterocycles. The van der Waals surface area contributed by atoms with E-state index >= 15 is 0 Å². The third kappa shape index (κ3) is 5.31. The highest BCUT2D eigenvalue weighted by atomic mass is 16.3. The zero-order chi connectivity index (χ0) is 12.0. The molecule has 0 spiro atoms. The fourth-order valence-corrected chi connectivity index (χ4v) is 2.96.